The zero-order valence-corrected chi connectivity index (χ0v) is 11.7. The van der Waals surface area contributed by atoms with Crippen molar-refractivity contribution in [1.82, 2.24) is 15.0 Å². The number of nitriles is 1. The maximum absolute atomic E-state index is 8.84. The molecular weight excluding hydrogens is 280 g/mol. The lowest BCUT2D eigenvalue weighted by Crippen LogP contribution is -2.15. The third kappa shape index (κ3) is 2.13. The van der Waals surface area contributed by atoms with E-state index in [9.17, 15) is 0 Å². The fourth-order valence-corrected chi connectivity index (χ4v) is 2.48. The van der Waals surface area contributed by atoms with Gasteiger partial charge in [-0.15, -0.1) is 5.10 Å². The van der Waals surface area contributed by atoms with Gasteiger partial charge in [0, 0.05) is 12.1 Å². The molecule has 6 heteroatoms. The maximum atomic E-state index is 8.84. The number of hydrogen-bond acceptors (Lipinski definition) is 5. The largest absolute Gasteiger partial charge is 0.486 e. The quantitative estimate of drug-likeness (QED) is 0.723. The number of fused-ring (bicyclic) bond motifs is 2. The average molecular weight is 292 g/mol. The number of aromatic nitrogens is 3. The molecule has 22 heavy (non-hydrogen) atoms. The van der Waals surface area contributed by atoms with Crippen LogP contribution in [0.3, 0.4) is 0 Å². The Bertz CT molecular complexity index is 878. The Morgan fingerprint density at radius 2 is 1.82 bits per heavy atom. The van der Waals surface area contributed by atoms with Crippen LogP contribution < -0.4 is 9.47 Å². The summed E-state index contributed by atoms with van der Waals surface area (Å²) in [5.41, 5.74) is 3.37. The Balaban J connectivity index is 1.70. The van der Waals surface area contributed by atoms with Crippen LogP contribution in [-0.2, 0) is 6.54 Å². The molecule has 0 fully saturated rings. The molecule has 0 saturated heterocycles. The topological polar surface area (TPSA) is 73.0 Å². The van der Waals surface area contributed by atoms with Crippen molar-refractivity contribution in [2.45, 2.75) is 6.54 Å². The first-order valence-electron chi connectivity index (χ1n) is 6.95. The van der Waals surface area contributed by atoms with Crippen molar-refractivity contribution < 1.29 is 9.47 Å². The summed E-state index contributed by atoms with van der Waals surface area (Å²) in [5, 5.41) is 17.2. The summed E-state index contributed by atoms with van der Waals surface area (Å²) in [4.78, 5) is 0. The smallest absolute Gasteiger partial charge is 0.163 e. The van der Waals surface area contributed by atoms with E-state index in [1.165, 1.54) is 0 Å². The number of rotatable bonds is 2. The van der Waals surface area contributed by atoms with Crippen molar-refractivity contribution >= 4 is 11.0 Å². The van der Waals surface area contributed by atoms with Gasteiger partial charge in [0.2, 0.25) is 0 Å². The Labute approximate surface area is 126 Å². The standard InChI is InChI=1S/C16H12N4O2/c17-9-11-1-3-12(4-2-11)10-20-14-8-16-15(21-5-6-22-16)7-13(14)18-19-20/h1-4,7-8H,5-6,10H2. The molecule has 1 aliphatic rings. The minimum absolute atomic E-state index is 0.551. The van der Waals surface area contributed by atoms with Gasteiger partial charge in [0.25, 0.3) is 0 Å². The predicted octanol–water partition coefficient (Wildman–Crippen LogP) is 2.12. The lowest BCUT2D eigenvalue weighted by molar-refractivity contribution is 0.172. The second kappa shape index (κ2) is 5.04. The molecule has 108 valence electrons. The summed E-state index contributed by atoms with van der Waals surface area (Å²) in [7, 11) is 0. The van der Waals surface area contributed by atoms with E-state index in [-0.39, 0.29) is 0 Å². The molecule has 0 N–H and O–H groups in total. The number of benzene rings is 2. The van der Waals surface area contributed by atoms with Gasteiger partial charge >= 0.3 is 0 Å². The summed E-state index contributed by atoms with van der Waals surface area (Å²) in [5.74, 6) is 1.44. The average Bonchev–Trinajstić information content (AvgIpc) is 2.95. The van der Waals surface area contributed by atoms with E-state index in [1.807, 2.05) is 28.9 Å². The molecule has 0 amide bonds. The summed E-state index contributed by atoms with van der Waals surface area (Å²) in [6.45, 7) is 1.69. The summed E-state index contributed by atoms with van der Waals surface area (Å²) < 4.78 is 13.0. The molecule has 0 unspecified atom stereocenters. The van der Waals surface area contributed by atoms with Gasteiger partial charge in [-0.3, -0.25) is 0 Å². The lowest BCUT2D eigenvalue weighted by Gasteiger charge is -2.18. The third-order valence-corrected chi connectivity index (χ3v) is 3.59. The predicted molar refractivity (Wildman–Crippen MR) is 78.8 cm³/mol. The molecule has 1 aromatic heterocycles. The highest BCUT2D eigenvalue weighted by Gasteiger charge is 2.16. The van der Waals surface area contributed by atoms with Gasteiger partial charge in [0.15, 0.2) is 11.5 Å². The first kappa shape index (κ1) is 12.7. The summed E-state index contributed by atoms with van der Waals surface area (Å²) >= 11 is 0. The molecule has 1 aliphatic heterocycles. The van der Waals surface area contributed by atoms with E-state index in [1.54, 1.807) is 12.1 Å². The molecule has 0 saturated carbocycles. The second-order valence-corrected chi connectivity index (χ2v) is 5.04. The Kier molecular flexibility index (Phi) is 2.90. The van der Waals surface area contributed by atoms with Crippen LogP contribution in [0.15, 0.2) is 36.4 Å². The van der Waals surface area contributed by atoms with Crippen molar-refractivity contribution in [3.8, 4) is 17.6 Å². The molecule has 0 radical (unpaired) electrons. The zero-order valence-electron chi connectivity index (χ0n) is 11.7. The number of nitrogens with zero attached hydrogens (tertiary/aromatic N) is 4. The molecular formula is C16H12N4O2. The van der Waals surface area contributed by atoms with E-state index < -0.39 is 0 Å². The Morgan fingerprint density at radius 1 is 1.09 bits per heavy atom. The highest BCUT2D eigenvalue weighted by molar-refractivity contribution is 5.79. The minimum atomic E-state index is 0.551. The van der Waals surface area contributed by atoms with Gasteiger partial charge in [-0.1, -0.05) is 17.3 Å². The molecule has 0 atom stereocenters. The van der Waals surface area contributed by atoms with E-state index in [4.69, 9.17) is 14.7 Å². The zero-order chi connectivity index (χ0) is 14.9. The van der Waals surface area contributed by atoms with Crippen LogP contribution >= 0.6 is 0 Å². The van der Waals surface area contributed by atoms with Crippen molar-refractivity contribution in [1.29, 1.82) is 5.26 Å². The van der Waals surface area contributed by atoms with Crippen LogP contribution in [0.2, 0.25) is 0 Å². The Hall–Kier alpha value is -3.07. The van der Waals surface area contributed by atoms with E-state index >= 15 is 0 Å². The van der Waals surface area contributed by atoms with Crippen LogP contribution in [-0.4, -0.2) is 28.2 Å². The molecule has 4 rings (SSSR count). The SMILES string of the molecule is N#Cc1ccc(Cn2nnc3cc4c(cc32)OCCO4)cc1. The van der Waals surface area contributed by atoms with Crippen molar-refractivity contribution in [2.24, 2.45) is 0 Å². The minimum Gasteiger partial charge on any atom is -0.486 e. The van der Waals surface area contributed by atoms with E-state index in [0.717, 1.165) is 22.3 Å². The van der Waals surface area contributed by atoms with E-state index in [0.29, 0.717) is 31.1 Å². The summed E-state index contributed by atoms with van der Waals surface area (Å²) in [6, 6.07) is 13.3. The van der Waals surface area contributed by atoms with Gasteiger partial charge in [-0.25, -0.2) is 4.68 Å². The van der Waals surface area contributed by atoms with Crippen molar-refractivity contribution in [3.05, 3.63) is 47.5 Å². The van der Waals surface area contributed by atoms with Gasteiger partial charge < -0.3 is 9.47 Å². The monoisotopic (exact) mass is 292 g/mol. The fraction of sp³-hybridized carbons (Fsp3) is 0.188. The Morgan fingerprint density at radius 3 is 2.55 bits per heavy atom. The molecule has 0 aliphatic carbocycles. The van der Waals surface area contributed by atoms with Gasteiger partial charge in [0.1, 0.15) is 18.7 Å². The third-order valence-electron chi connectivity index (χ3n) is 3.59. The van der Waals surface area contributed by atoms with Crippen LogP contribution in [0, 0.1) is 11.3 Å². The first-order valence-corrected chi connectivity index (χ1v) is 6.95. The molecule has 6 nitrogen and oxygen atoms in total. The normalized spacial score (nSPS) is 13.0. The van der Waals surface area contributed by atoms with Crippen LogP contribution in [0.25, 0.3) is 11.0 Å². The second-order valence-electron chi connectivity index (χ2n) is 5.04. The van der Waals surface area contributed by atoms with E-state index in [2.05, 4.69) is 16.4 Å². The van der Waals surface area contributed by atoms with Crippen LogP contribution in [0.1, 0.15) is 11.1 Å². The summed E-state index contributed by atoms with van der Waals surface area (Å²) in [6.07, 6.45) is 0. The molecule has 0 spiro atoms. The number of hydrogen-bond donors (Lipinski definition) is 0. The molecule has 3 aromatic rings. The van der Waals surface area contributed by atoms with Gasteiger partial charge in [0.05, 0.1) is 23.7 Å². The fourth-order valence-electron chi connectivity index (χ4n) is 2.48. The van der Waals surface area contributed by atoms with Gasteiger partial charge in [-0.2, -0.15) is 5.26 Å². The van der Waals surface area contributed by atoms with Gasteiger partial charge in [-0.05, 0) is 17.7 Å². The maximum Gasteiger partial charge on any atom is 0.163 e. The highest BCUT2D eigenvalue weighted by Crippen LogP contribution is 2.33. The molecule has 0 bridgehead atoms. The van der Waals surface area contributed by atoms with Crippen molar-refractivity contribution in [2.75, 3.05) is 13.2 Å². The highest BCUT2D eigenvalue weighted by atomic mass is 16.6. The lowest BCUT2D eigenvalue weighted by atomic mass is 10.1. The molecule has 2 heterocycles. The van der Waals surface area contributed by atoms with Crippen LogP contribution in [0.5, 0.6) is 11.5 Å². The van der Waals surface area contributed by atoms with Crippen LogP contribution in [0.4, 0.5) is 0 Å². The van der Waals surface area contributed by atoms with Crippen molar-refractivity contribution in [3.63, 3.8) is 0 Å². The number of ether oxygens (including phenoxy) is 2. The first-order chi connectivity index (χ1) is 10.8. The molecule has 2 aromatic carbocycles.